The van der Waals surface area contributed by atoms with Crippen LogP contribution in [0.5, 0.6) is 23.0 Å². The van der Waals surface area contributed by atoms with Crippen molar-refractivity contribution < 1.29 is 37.8 Å². The molecule has 6 nitrogen and oxygen atoms in total. The minimum Gasteiger partial charge on any atom is -0.497 e. The van der Waals surface area contributed by atoms with Gasteiger partial charge in [0.1, 0.15) is 28.8 Å². The third-order valence-corrected chi connectivity index (χ3v) is 7.34. The highest BCUT2D eigenvalue weighted by atomic mass is 127. The van der Waals surface area contributed by atoms with Gasteiger partial charge < -0.3 is 29.0 Å². The van der Waals surface area contributed by atoms with E-state index in [0.717, 1.165) is 0 Å². The van der Waals surface area contributed by atoms with Crippen LogP contribution in [0.25, 0.3) is 11.1 Å². The Morgan fingerprint density at radius 2 is 1.02 bits per heavy atom. The molecule has 0 aliphatic rings. The summed E-state index contributed by atoms with van der Waals surface area (Å²) >= 11 is 8.19. The molecule has 0 heterocycles. The van der Waals surface area contributed by atoms with Crippen molar-refractivity contribution in [2.45, 2.75) is 0 Å². The molecule has 4 rings (SSSR count). The van der Waals surface area contributed by atoms with Gasteiger partial charge in [0.2, 0.25) is 0 Å². The van der Waals surface area contributed by atoms with Gasteiger partial charge in [-0.3, -0.25) is 0 Å². The molecule has 0 saturated carbocycles. The summed E-state index contributed by atoms with van der Waals surface area (Å²) in [5.41, 5.74) is 1.30. The molecule has 40 heavy (non-hydrogen) atoms. The molecule has 0 saturated heterocycles. The third kappa shape index (κ3) is 8.81. The van der Waals surface area contributed by atoms with Crippen LogP contribution in [0.2, 0.25) is 0 Å². The summed E-state index contributed by atoms with van der Waals surface area (Å²) in [6.07, 6.45) is 0. The van der Waals surface area contributed by atoms with Crippen molar-refractivity contribution in [3.05, 3.63) is 96.9 Å². The minimum absolute atomic E-state index is 0.182. The minimum atomic E-state index is -1.59. The molecule has 0 spiro atoms. The number of hydrogen-bond acceptors (Lipinski definition) is 6. The Labute approximate surface area is 262 Å². The smallest absolute Gasteiger partial charge is 0.496 e. The lowest BCUT2D eigenvalue weighted by Crippen LogP contribution is -2.32. The van der Waals surface area contributed by atoms with Crippen molar-refractivity contribution in [1.29, 1.82) is 0 Å². The first-order valence-corrected chi connectivity index (χ1v) is 14.1. The second kappa shape index (κ2) is 16.8. The molecule has 0 fully saturated rings. The number of benzene rings is 4. The van der Waals surface area contributed by atoms with E-state index in [1.54, 1.807) is 87.0 Å². The zero-order chi connectivity index (χ0) is 29.8. The van der Waals surface area contributed by atoms with E-state index in [-0.39, 0.29) is 17.1 Å². The van der Waals surface area contributed by atoms with Gasteiger partial charge in [0.25, 0.3) is 0 Å². The van der Waals surface area contributed by atoms with Crippen molar-refractivity contribution in [3.8, 4) is 34.1 Å². The summed E-state index contributed by atoms with van der Waals surface area (Å²) in [4.78, 5) is 0. The lowest BCUT2D eigenvalue weighted by molar-refractivity contribution is 0.385. The van der Waals surface area contributed by atoms with Crippen molar-refractivity contribution in [2.75, 3.05) is 28.4 Å². The van der Waals surface area contributed by atoms with Gasteiger partial charge in [0.15, 0.2) is 5.82 Å². The van der Waals surface area contributed by atoms with Gasteiger partial charge in [-0.05, 0) is 96.9 Å². The van der Waals surface area contributed by atoms with Crippen LogP contribution in [0.1, 0.15) is 0 Å². The predicted molar refractivity (Wildman–Crippen MR) is 169 cm³/mol. The number of hydrogen-bond donors (Lipinski definition) is 2. The molecule has 12 heteroatoms. The number of halogens is 5. The Hall–Kier alpha value is -2.39. The molecule has 4 aromatic rings. The molecule has 0 aliphatic heterocycles. The summed E-state index contributed by atoms with van der Waals surface area (Å²) in [6, 6.07) is 20.7. The molecule has 212 valence electrons. The van der Waals surface area contributed by atoms with Crippen molar-refractivity contribution in [3.63, 3.8) is 0 Å². The summed E-state index contributed by atoms with van der Waals surface area (Å²) in [5.74, 6) is 1.43. The topological polar surface area (TPSA) is 77.4 Å². The van der Waals surface area contributed by atoms with Crippen LogP contribution in [0.3, 0.4) is 0 Å². The molecule has 0 aliphatic carbocycles. The monoisotopic (exact) mass is 792 g/mol. The van der Waals surface area contributed by atoms with Crippen molar-refractivity contribution in [2.24, 2.45) is 0 Å². The fourth-order valence-electron chi connectivity index (χ4n) is 3.43. The average Bonchev–Trinajstić information content (AvgIpc) is 2.97. The number of ether oxygens (including phenoxy) is 4. The van der Waals surface area contributed by atoms with E-state index in [9.17, 15) is 8.78 Å². The third-order valence-electron chi connectivity index (χ3n) is 5.28. The molecule has 0 bridgehead atoms. The van der Waals surface area contributed by atoms with E-state index in [2.05, 4.69) is 31.9 Å². The highest BCUT2D eigenvalue weighted by Crippen LogP contribution is 2.40. The largest absolute Gasteiger partial charge is 0.497 e. The lowest BCUT2D eigenvalue weighted by Gasteiger charge is -2.14. The molecule has 0 unspecified atom stereocenters. The molecule has 0 amide bonds. The maximum atomic E-state index is 14.2. The van der Waals surface area contributed by atoms with Crippen LogP contribution in [0.15, 0.2) is 81.7 Å². The van der Waals surface area contributed by atoms with Crippen molar-refractivity contribution in [1.82, 2.24) is 0 Å². The quantitative estimate of drug-likeness (QED) is 0.127. The van der Waals surface area contributed by atoms with Gasteiger partial charge >= 0.3 is 7.12 Å². The summed E-state index contributed by atoms with van der Waals surface area (Å²) in [6.45, 7) is 0. The zero-order valence-electron chi connectivity index (χ0n) is 21.9. The molecule has 2 N–H and O–H groups in total. The second-order valence-electron chi connectivity index (χ2n) is 7.62. The first-order chi connectivity index (χ1) is 19.1. The highest BCUT2D eigenvalue weighted by Gasteiger charge is 2.21. The first kappa shape index (κ1) is 33.8. The van der Waals surface area contributed by atoms with Crippen LogP contribution in [-0.2, 0) is 0 Å². The molecule has 0 aromatic heterocycles. The Bertz CT molecular complexity index is 1350. The maximum Gasteiger partial charge on any atom is 0.496 e. The Morgan fingerprint density at radius 1 is 0.625 bits per heavy atom. The number of methoxy groups -OCH3 is 4. The fraction of sp³-hybridized carbons (Fsp3) is 0.143. The van der Waals surface area contributed by atoms with E-state index in [1.165, 1.54) is 14.2 Å². The van der Waals surface area contributed by atoms with E-state index >= 15 is 0 Å². The van der Waals surface area contributed by atoms with Gasteiger partial charge in [0.05, 0.1) is 48.4 Å². The van der Waals surface area contributed by atoms with Crippen LogP contribution in [-0.4, -0.2) is 45.6 Å². The first-order valence-electron chi connectivity index (χ1n) is 11.4. The average molecular weight is 794 g/mol. The van der Waals surface area contributed by atoms with Crippen LogP contribution >= 0.6 is 54.5 Å². The van der Waals surface area contributed by atoms with Gasteiger partial charge in [-0.2, -0.15) is 0 Å². The van der Waals surface area contributed by atoms with Crippen LogP contribution in [0, 0.1) is 15.2 Å². The number of rotatable bonds is 6. The summed E-state index contributed by atoms with van der Waals surface area (Å²) < 4.78 is 48.9. The normalized spacial score (nSPS) is 9.88. The summed E-state index contributed by atoms with van der Waals surface area (Å²) in [5, 5.41) is 18.1. The highest BCUT2D eigenvalue weighted by molar-refractivity contribution is 14.1. The fourth-order valence-corrected chi connectivity index (χ4v) is 5.03. The molecule has 0 radical (unpaired) electrons. The molecule has 4 aromatic carbocycles. The van der Waals surface area contributed by atoms with E-state index < -0.39 is 7.12 Å². The van der Waals surface area contributed by atoms with Gasteiger partial charge in [-0.1, -0.05) is 30.3 Å². The SMILES string of the molecule is COc1cccc(OC)c1-c1cccc(Br)c1F.COc1cccc(OC)c1B(O)O.Fc1c(Br)cccc1I. The van der Waals surface area contributed by atoms with E-state index in [0.29, 0.717) is 46.6 Å². The van der Waals surface area contributed by atoms with Crippen molar-refractivity contribution >= 4 is 67.0 Å². The van der Waals surface area contributed by atoms with Crippen LogP contribution < -0.4 is 24.4 Å². The molecule has 0 atom stereocenters. The molecular weight excluding hydrogens is 768 g/mol. The van der Waals surface area contributed by atoms with Gasteiger partial charge in [-0.25, -0.2) is 8.78 Å². The molecular formula is C28H26BBr2F2IO6. The Morgan fingerprint density at radius 3 is 1.43 bits per heavy atom. The second-order valence-corrected chi connectivity index (χ2v) is 10.5. The van der Waals surface area contributed by atoms with E-state index in [4.69, 9.17) is 29.0 Å². The standard InChI is InChI=1S/C14H12BrFO2.C8H11BO4.C6H3BrFI/c1-17-11-7-4-8-12(18-2)13(11)9-5-3-6-10(15)14(9)16;1-12-6-4-3-5-7(13-2)8(6)9(10)11;7-4-2-1-3-5(9)6(4)8/h3-8H,1-2H3;3-5,10-11H,1-2H3;1-3H. The zero-order valence-corrected chi connectivity index (χ0v) is 27.3. The Balaban J connectivity index is 0.000000224. The van der Waals surface area contributed by atoms with E-state index in [1.807, 2.05) is 22.6 Å². The lowest BCUT2D eigenvalue weighted by atomic mass is 9.78. The Kier molecular flexibility index (Phi) is 14.2. The predicted octanol–water partition coefficient (Wildman–Crippen LogP) is 6.85. The van der Waals surface area contributed by atoms with Crippen LogP contribution in [0.4, 0.5) is 8.78 Å². The summed E-state index contributed by atoms with van der Waals surface area (Å²) in [7, 11) is 4.43. The maximum absolute atomic E-state index is 14.2. The van der Waals surface area contributed by atoms with Gasteiger partial charge in [-0.15, -0.1) is 0 Å². The van der Waals surface area contributed by atoms with Gasteiger partial charge in [0, 0.05) is 9.13 Å².